The highest BCUT2D eigenvalue weighted by molar-refractivity contribution is 5.89. The second kappa shape index (κ2) is 9.49. The van der Waals surface area contributed by atoms with E-state index in [1.54, 1.807) is 36.4 Å². The van der Waals surface area contributed by atoms with Crippen LogP contribution in [0, 0.1) is 5.82 Å². The van der Waals surface area contributed by atoms with E-state index in [1.807, 2.05) is 4.90 Å². The van der Waals surface area contributed by atoms with Gasteiger partial charge in [0.05, 0.1) is 5.56 Å². The van der Waals surface area contributed by atoms with Crippen molar-refractivity contribution in [2.75, 3.05) is 6.54 Å². The summed E-state index contributed by atoms with van der Waals surface area (Å²) < 4.78 is 13.1. The smallest absolute Gasteiger partial charge is 0.335 e. The lowest BCUT2D eigenvalue weighted by Gasteiger charge is -2.29. The molecule has 0 bridgehead atoms. The van der Waals surface area contributed by atoms with Crippen LogP contribution in [0.2, 0.25) is 0 Å². The molecule has 1 aliphatic rings. The molecule has 1 saturated carbocycles. The van der Waals surface area contributed by atoms with Crippen molar-refractivity contribution in [3.63, 3.8) is 0 Å². The summed E-state index contributed by atoms with van der Waals surface area (Å²) in [4.78, 5) is 26.3. The van der Waals surface area contributed by atoms with Gasteiger partial charge in [-0.2, -0.15) is 0 Å². The Bertz CT molecular complexity index is 813. The van der Waals surface area contributed by atoms with Gasteiger partial charge in [-0.1, -0.05) is 43.2 Å². The molecule has 2 aromatic rings. The number of halogens is 1. The fraction of sp³-hybridized carbons (Fsp3) is 0.391. The van der Waals surface area contributed by atoms with Gasteiger partial charge in [-0.05, 0) is 55.0 Å². The van der Waals surface area contributed by atoms with Crippen LogP contribution in [0.25, 0.3) is 0 Å². The summed E-state index contributed by atoms with van der Waals surface area (Å²) in [5.41, 5.74) is 1.95. The second-order valence-electron chi connectivity index (χ2n) is 7.36. The summed E-state index contributed by atoms with van der Waals surface area (Å²) in [6, 6.07) is 13.5. The predicted octanol–water partition coefficient (Wildman–Crippen LogP) is 4.47. The zero-order valence-corrected chi connectivity index (χ0v) is 15.9. The summed E-state index contributed by atoms with van der Waals surface area (Å²) in [6.45, 7) is 0.607. The topological polar surface area (TPSA) is 57.6 Å². The van der Waals surface area contributed by atoms with Crippen LogP contribution in [0.15, 0.2) is 48.5 Å². The molecule has 1 amide bonds. The van der Waals surface area contributed by atoms with Gasteiger partial charge in [0.1, 0.15) is 5.82 Å². The van der Waals surface area contributed by atoms with Gasteiger partial charge < -0.3 is 10.0 Å². The lowest BCUT2D eigenvalue weighted by molar-refractivity contribution is -0.133. The average molecular weight is 383 g/mol. The molecule has 0 aromatic heterocycles. The first-order valence-corrected chi connectivity index (χ1v) is 9.89. The molecule has 0 unspecified atom stereocenters. The van der Waals surface area contributed by atoms with Crippen molar-refractivity contribution in [3.8, 4) is 0 Å². The Hall–Kier alpha value is -2.69. The lowest BCUT2D eigenvalue weighted by Crippen LogP contribution is -2.40. The molecule has 148 valence electrons. The van der Waals surface area contributed by atoms with Gasteiger partial charge in [0.25, 0.3) is 0 Å². The Morgan fingerprint density at radius 3 is 2.36 bits per heavy atom. The number of hydrogen-bond donors (Lipinski definition) is 1. The second-order valence-corrected chi connectivity index (χ2v) is 7.36. The van der Waals surface area contributed by atoms with Crippen LogP contribution in [-0.2, 0) is 17.6 Å². The summed E-state index contributed by atoms with van der Waals surface area (Å²) in [5, 5.41) is 9.32. The van der Waals surface area contributed by atoms with E-state index in [-0.39, 0.29) is 23.3 Å². The number of amides is 1. The zero-order chi connectivity index (χ0) is 19.9. The van der Waals surface area contributed by atoms with E-state index in [4.69, 9.17) is 0 Å². The fourth-order valence-corrected chi connectivity index (χ4v) is 3.96. The number of nitrogens with zero attached hydrogens (tertiary/aromatic N) is 1. The summed E-state index contributed by atoms with van der Waals surface area (Å²) in [7, 11) is 0. The van der Waals surface area contributed by atoms with Crippen LogP contribution < -0.4 is 0 Å². The number of carbonyl (C=O) groups excluding carboxylic acids is 1. The third-order valence-corrected chi connectivity index (χ3v) is 5.50. The van der Waals surface area contributed by atoms with Gasteiger partial charge in [-0.25, -0.2) is 9.18 Å². The first-order chi connectivity index (χ1) is 13.5. The van der Waals surface area contributed by atoms with Gasteiger partial charge in [0, 0.05) is 19.0 Å². The first-order valence-electron chi connectivity index (χ1n) is 9.89. The Balaban J connectivity index is 1.65. The lowest BCUT2D eigenvalue weighted by atomic mass is 10.0. The van der Waals surface area contributed by atoms with Crippen molar-refractivity contribution in [3.05, 3.63) is 71.0 Å². The first kappa shape index (κ1) is 20.1. The van der Waals surface area contributed by atoms with Crippen molar-refractivity contribution in [2.24, 2.45) is 0 Å². The number of carboxylic acids is 1. The molecule has 1 N–H and O–H groups in total. The minimum atomic E-state index is -0.966. The number of carboxylic acid groups (broad SMARTS) is 1. The summed E-state index contributed by atoms with van der Waals surface area (Å²) in [6.07, 6.45) is 5.70. The largest absolute Gasteiger partial charge is 0.478 e. The van der Waals surface area contributed by atoms with Crippen molar-refractivity contribution >= 4 is 11.9 Å². The van der Waals surface area contributed by atoms with Gasteiger partial charge in [-0.15, -0.1) is 0 Å². The van der Waals surface area contributed by atoms with Gasteiger partial charge in [-0.3, -0.25) is 4.79 Å². The van der Waals surface area contributed by atoms with E-state index >= 15 is 0 Å². The molecule has 0 saturated heterocycles. The highest BCUT2D eigenvalue weighted by atomic mass is 19.1. The monoisotopic (exact) mass is 383 g/mol. The molecule has 1 fully saturated rings. The zero-order valence-electron chi connectivity index (χ0n) is 15.9. The Morgan fingerprint density at radius 2 is 1.68 bits per heavy atom. The standard InChI is InChI=1S/C23H26FNO3/c24-19-12-9-17(10-13-19)15-16-25(20-6-2-3-7-20)22(26)14-11-18-5-1-4-8-21(18)23(27)28/h1,4-5,8-10,12-13,20H,2-3,6-7,11,14-16H2,(H,27,28). The van der Waals surface area contributed by atoms with Crippen LogP contribution >= 0.6 is 0 Å². The molecule has 1 aliphatic carbocycles. The molecule has 0 radical (unpaired) electrons. The molecular formula is C23H26FNO3. The average Bonchev–Trinajstić information content (AvgIpc) is 3.22. The highest BCUT2D eigenvalue weighted by Gasteiger charge is 2.26. The SMILES string of the molecule is O=C(O)c1ccccc1CCC(=O)N(CCc1ccc(F)cc1)C1CCCC1. The predicted molar refractivity (Wildman–Crippen MR) is 106 cm³/mol. The van der Waals surface area contributed by atoms with Crippen molar-refractivity contribution in [1.29, 1.82) is 0 Å². The molecule has 0 atom stereocenters. The Morgan fingerprint density at radius 1 is 1.00 bits per heavy atom. The van der Waals surface area contributed by atoms with Gasteiger partial charge >= 0.3 is 5.97 Å². The van der Waals surface area contributed by atoms with Crippen molar-refractivity contribution in [1.82, 2.24) is 4.90 Å². The van der Waals surface area contributed by atoms with Crippen LogP contribution in [0.5, 0.6) is 0 Å². The van der Waals surface area contributed by atoms with Gasteiger partial charge in [0.15, 0.2) is 0 Å². The molecule has 3 rings (SSSR count). The van der Waals surface area contributed by atoms with Crippen LogP contribution in [0.4, 0.5) is 4.39 Å². The quantitative estimate of drug-likeness (QED) is 0.732. The maximum atomic E-state index is 13.1. The number of rotatable bonds is 8. The van der Waals surface area contributed by atoms with E-state index in [0.29, 0.717) is 31.4 Å². The molecule has 0 heterocycles. The van der Waals surface area contributed by atoms with Crippen LogP contribution in [0.1, 0.15) is 53.6 Å². The third-order valence-electron chi connectivity index (χ3n) is 5.50. The number of benzene rings is 2. The molecular weight excluding hydrogens is 357 g/mol. The summed E-state index contributed by atoms with van der Waals surface area (Å²) >= 11 is 0. The molecule has 2 aromatic carbocycles. The number of hydrogen-bond acceptors (Lipinski definition) is 2. The van der Waals surface area contributed by atoms with E-state index in [2.05, 4.69) is 0 Å². The van der Waals surface area contributed by atoms with Crippen LogP contribution in [-0.4, -0.2) is 34.5 Å². The minimum absolute atomic E-state index is 0.0641. The van der Waals surface area contributed by atoms with Crippen molar-refractivity contribution in [2.45, 2.75) is 51.0 Å². The fourth-order valence-electron chi connectivity index (χ4n) is 3.96. The molecule has 0 spiro atoms. The molecule has 5 heteroatoms. The minimum Gasteiger partial charge on any atom is -0.478 e. The summed E-state index contributed by atoms with van der Waals surface area (Å²) in [5.74, 6) is -1.16. The molecule has 28 heavy (non-hydrogen) atoms. The Labute approximate surface area is 165 Å². The van der Waals surface area contributed by atoms with E-state index < -0.39 is 5.97 Å². The van der Waals surface area contributed by atoms with Crippen LogP contribution in [0.3, 0.4) is 0 Å². The molecule has 4 nitrogen and oxygen atoms in total. The highest BCUT2D eigenvalue weighted by Crippen LogP contribution is 2.25. The Kier molecular flexibility index (Phi) is 6.80. The number of aromatic carboxylic acids is 1. The van der Waals surface area contributed by atoms with E-state index in [9.17, 15) is 19.1 Å². The van der Waals surface area contributed by atoms with E-state index in [0.717, 1.165) is 31.2 Å². The number of carbonyl (C=O) groups is 2. The maximum Gasteiger partial charge on any atom is 0.335 e. The third kappa shape index (κ3) is 5.18. The maximum absolute atomic E-state index is 13.1. The van der Waals surface area contributed by atoms with Crippen molar-refractivity contribution < 1.29 is 19.1 Å². The van der Waals surface area contributed by atoms with E-state index in [1.165, 1.54) is 12.1 Å². The molecule has 0 aliphatic heterocycles. The normalized spacial score (nSPS) is 14.2. The van der Waals surface area contributed by atoms with Gasteiger partial charge in [0.2, 0.25) is 5.91 Å². The number of aryl methyl sites for hydroxylation is 1.